The van der Waals surface area contributed by atoms with Gasteiger partial charge in [0.15, 0.2) is 11.5 Å². The third-order valence-corrected chi connectivity index (χ3v) is 4.70. The molecule has 0 atom stereocenters. The Morgan fingerprint density at radius 2 is 1.93 bits per heavy atom. The molecule has 1 heterocycles. The molecule has 0 saturated carbocycles. The number of aryl methyl sites for hydroxylation is 1. The third-order valence-electron chi connectivity index (χ3n) is 4.33. The Kier molecular flexibility index (Phi) is 7.76. The molecule has 0 unspecified atom stereocenters. The van der Waals surface area contributed by atoms with E-state index in [1.807, 2.05) is 55.8 Å². The Balaban J connectivity index is 1.61. The second kappa shape index (κ2) is 10.7. The van der Waals surface area contributed by atoms with Gasteiger partial charge in [-0.1, -0.05) is 41.9 Å². The number of imidazole rings is 1. The maximum Gasteiger partial charge on any atom is 0.166 e. The summed E-state index contributed by atoms with van der Waals surface area (Å²) in [5.74, 6) is 1.53. The molecule has 2 aromatic carbocycles. The van der Waals surface area contributed by atoms with Crippen molar-refractivity contribution in [3.05, 3.63) is 77.3 Å². The molecule has 0 saturated heterocycles. The summed E-state index contributed by atoms with van der Waals surface area (Å²) in [4.78, 5) is 4.06. The van der Waals surface area contributed by atoms with Gasteiger partial charge < -0.3 is 19.4 Å². The number of benzene rings is 2. The van der Waals surface area contributed by atoms with Gasteiger partial charge in [0.2, 0.25) is 0 Å². The van der Waals surface area contributed by atoms with Crippen molar-refractivity contribution >= 4 is 11.6 Å². The van der Waals surface area contributed by atoms with Crippen LogP contribution in [0.15, 0.2) is 61.2 Å². The van der Waals surface area contributed by atoms with E-state index < -0.39 is 0 Å². The summed E-state index contributed by atoms with van der Waals surface area (Å²) in [6.07, 6.45) is 6.64. The Morgan fingerprint density at radius 1 is 1.07 bits per heavy atom. The van der Waals surface area contributed by atoms with Crippen LogP contribution in [0, 0.1) is 0 Å². The molecular formula is C22H26ClN3O2. The monoisotopic (exact) mass is 399 g/mol. The van der Waals surface area contributed by atoms with Crippen molar-refractivity contribution in [3.8, 4) is 11.5 Å². The molecule has 0 aliphatic heterocycles. The molecular weight excluding hydrogens is 374 g/mol. The number of nitrogens with zero attached hydrogens (tertiary/aromatic N) is 2. The van der Waals surface area contributed by atoms with Gasteiger partial charge in [0.1, 0.15) is 6.61 Å². The van der Waals surface area contributed by atoms with Crippen LogP contribution in [0.5, 0.6) is 11.5 Å². The first kappa shape index (κ1) is 20.2. The predicted octanol–water partition coefficient (Wildman–Crippen LogP) is 4.69. The molecule has 6 heteroatoms. The molecule has 148 valence electrons. The zero-order valence-electron chi connectivity index (χ0n) is 16.1. The lowest BCUT2D eigenvalue weighted by Crippen LogP contribution is -2.17. The van der Waals surface area contributed by atoms with Crippen LogP contribution < -0.4 is 14.8 Å². The summed E-state index contributed by atoms with van der Waals surface area (Å²) >= 11 is 6.26. The van der Waals surface area contributed by atoms with Crippen molar-refractivity contribution in [2.24, 2.45) is 0 Å². The maximum absolute atomic E-state index is 6.26. The van der Waals surface area contributed by atoms with E-state index in [0.717, 1.165) is 42.1 Å². The zero-order chi connectivity index (χ0) is 19.6. The number of rotatable bonds is 11. The Hall–Kier alpha value is -2.50. The first-order valence-corrected chi connectivity index (χ1v) is 9.93. The highest BCUT2D eigenvalue weighted by Crippen LogP contribution is 2.32. The van der Waals surface area contributed by atoms with Crippen molar-refractivity contribution in [1.29, 1.82) is 0 Å². The summed E-state index contributed by atoms with van der Waals surface area (Å²) in [5.41, 5.74) is 2.02. The minimum Gasteiger partial charge on any atom is -0.490 e. The van der Waals surface area contributed by atoms with E-state index in [1.165, 1.54) is 0 Å². The second-order valence-electron chi connectivity index (χ2n) is 6.39. The summed E-state index contributed by atoms with van der Waals surface area (Å²) < 4.78 is 14.0. The smallest absolute Gasteiger partial charge is 0.166 e. The van der Waals surface area contributed by atoms with Gasteiger partial charge in [-0.2, -0.15) is 0 Å². The number of aromatic nitrogens is 2. The van der Waals surface area contributed by atoms with Crippen molar-refractivity contribution < 1.29 is 9.47 Å². The molecule has 3 rings (SSSR count). The number of para-hydroxylation sites is 1. The fourth-order valence-corrected chi connectivity index (χ4v) is 3.12. The third kappa shape index (κ3) is 5.75. The lowest BCUT2D eigenvalue weighted by atomic mass is 10.1. The SMILES string of the molecule is CCOc1cccc(CNCCCn2ccnc2)c1OCc1ccccc1Cl. The van der Waals surface area contributed by atoms with E-state index in [0.29, 0.717) is 24.8 Å². The van der Waals surface area contributed by atoms with Crippen molar-refractivity contribution in [2.75, 3.05) is 13.2 Å². The molecule has 5 nitrogen and oxygen atoms in total. The highest BCUT2D eigenvalue weighted by molar-refractivity contribution is 6.31. The molecule has 0 amide bonds. The van der Waals surface area contributed by atoms with Crippen LogP contribution in [-0.4, -0.2) is 22.7 Å². The van der Waals surface area contributed by atoms with E-state index in [1.54, 1.807) is 6.20 Å². The molecule has 0 spiro atoms. The summed E-state index contributed by atoms with van der Waals surface area (Å²) in [6, 6.07) is 13.7. The number of halogens is 1. The summed E-state index contributed by atoms with van der Waals surface area (Å²) in [7, 11) is 0. The second-order valence-corrected chi connectivity index (χ2v) is 6.80. The highest BCUT2D eigenvalue weighted by atomic mass is 35.5. The van der Waals surface area contributed by atoms with Crippen LogP contribution in [0.25, 0.3) is 0 Å². The molecule has 1 aromatic heterocycles. The molecule has 0 bridgehead atoms. The van der Waals surface area contributed by atoms with Gasteiger partial charge >= 0.3 is 0 Å². The van der Waals surface area contributed by atoms with Crippen LogP contribution >= 0.6 is 11.6 Å². The minimum absolute atomic E-state index is 0.400. The van der Waals surface area contributed by atoms with Gasteiger partial charge in [-0.15, -0.1) is 0 Å². The maximum atomic E-state index is 6.26. The highest BCUT2D eigenvalue weighted by Gasteiger charge is 2.12. The van der Waals surface area contributed by atoms with Crippen LogP contribution in [0.3, 0.4) is 0 Å². The standard InChI is InChI=1S/C22H26ClN3O2/c1-2-27-21-10-5-8-18(15-24-11-6-13-26-14-12-25-17-26)22(21)28-16-19-7-3-4-9-20(19)23/h3-5,7-10,12,14,17,24H,2,6,11,13,15-16H2,1H3. The van der Waals surface area contributed by atoms with E-state index in [2.05, 4.69) is 20.9 Å². The molecule has 0 radical (unpaired) electrons. The van der Waals surface area contributed by atoms with Crippen LogP contribution in [0.2, 0.25) is 5.02 Å². The predicted molar refractivity (Wildman–Crippen MR) is 112 cm³/mol. The van der Waals surface area contributed by atoms with Crippen LogP contribution in [0.4, 0.5) is 0 Å². The van der Waals surface area contributed by atoms with E-state index in [-0.39, 0.29) is 0 Å². The quantitative estimate of drug-likeness (QED) is 0.475. The van der Waals surface area contributed by atoms with Gasteiger partial charge in [-0.3, -0.25) is 0 Å². The fourth-order valence-electron chi connectivity index (χ4n) is 2.93. The summed E-state index contributed by atoms with van der Waals surface area (Å²) in [6.45, 7) is 5.52. The average molecular weight is 400 g/mol. The van der Waals surface area contributed by atoms with Gasteiger partial charge in [-0.05, 0) is 32.0 Å². The van der Waals surface area contributed by atoms with Gasteiger partial charge in [0, 0.05) is 41.6 Å². The number of hydrogen-bond donors (Lipinski definition) is 1. The molecule has 0 aliphatic rings. The molecule has 0 aliphatic carbocycles. The molecule has 3 aromatic rings. The number of hydrogen-bond acceptors (Lipinski definition) is 4. The number of ether oxygens (including phenoxy) is 2. The minimum atomic E-state index is 0.400. The van der Waals surface area contributed by atoms with Gasteiger partial charge in [0.25, 0.3) is 0 Å². The van der Waals surface area contributed by atoms with E-state index in [9.17, 15) is 0 Å². The Bertz CT molecular complexity index is 853. The fraction of sp³-hybridized carbons (Fsp3) is 0.318. The summed E-state index contributed by atoms with van der Waals surface area (Å²) in [5, 5.41) is 4.19. The molecule has 1 N–H and O–H groups in total. The zero-order valence-corrected chi connectivity index (χ0v) is 16.9. The van der Waals surface area contributed by atoms with Crippen LogP contribution in [0.1, 0.15) is 24.5 Å². The first-order chi connectivity index (χ1) is 13.8. The van der Waals surface area contributed by atoms with Gasteiger partial charge in [-0.25, -0.2) is 4.98 Å². The lowest BCUT2D eigenvalue weighted by molar-refractivity contribution is 0.266. The molecule has 0 fully saturated rings. The van der Waals surface area contributed by atoms with Crippen molar-refractivity contribution in [3.63, 3.8) is 0 Å². The molecule has 28 heavy (non-hydrogen) atoms. The largest absolute Gasteiger partial charge is 0.490 e. The van der Waals surface area contributed by atoms with Crippen LogP contribution in [-0.2, 0) is 19.7 Å². The lowest BCUT2D eigenvalue weighted by Gasteiger charge is -2.17. The van der Waals surface area contributed by atoms with E-state index >= 15 is 0 Å². The first-order valence-electron chi connectivity index (χ1n) is 9.55. The number of nitrogens with one attached hydrogen (secondary N) is 1. The Labute approximate surface area is 171 Å². The van der Waals surface area contributed by atoms with E-state index in [4.69, 9.17) is 21.1 Å². The Morgan fingerprint density at radius 3 is 2.71 bits per heavy atom. The van der Waals surface area contributed by atoms with Crippen molar-refractivity contribution in [2.45, 2.75) is 33.0 Å². The van der Waals surface area contributed by atoms with Crippen molar-refractivity contribution in [1.82, 2.24) is 14.9 Å². The van der Waals surface area contributed by atoms with Gasteiger partial charge in [0.05, 0.1) is 12.9 Å². The normalized spacial score (nSPS) is 10.8. The average Bonchev–Trinajstić information content (AvgIpc) is 3.22. The topological polar surface area (TPSA) is 48.3 Å².